The van der Waals surface area contributed by atoms with Gasteiger partial charge in [0.05, 0.1) is 16.5 Å². The summed E-state index contributed by atoms with van der Waals surface area (Å²) in [7, 11) is -2.44. The molecule has 0 aromatic heterocycles. The molecule has 0 bridgehead atoms. The van der Waals surface area contributed by atoms with Crippen molar-refractivity contribution >= 4 is 43.7 Å². The number of carbonyl (C=O) groups is 1. The summed E-state index contributed by atoms with van der Waals surface area (Å²) >= 11 is 4.65. The van der Waals surface area contributed by atoms with Crippen molar-refractivity contribution < 1.29 is 23.1 Å². The molecular weight excluding hydrogens is 382 g/mol. The fourth-order valence-electron chi connectivity index (χ4n) is 1.54. The van der Waals surface area contributed by atoms with Crippen LogP contribution in [0.15, 0.2) is 27.6 Å². The molecule has 0 spiro atoms. The highest BCUT2D eigenvalue weighted by Gasteiger charge is 2.25. The van der Waals surface area contributed by atoms with Crippen LogP contribution in [0.1, 0.15) is 6.42 Å². The van der Waals surface area contributed by atoms with Gasteiger partial charge in [0.2, 0.25) is 10.0 Å². The zero-order chi connectivity index (χ0) is 16.0. The van der Waals surface area contributed by atoms with E-state index < -0.39 is 22.0 Å². The highest BCUT2D eigenvalue weighted by Crippen LogP contribution is 2.27. The molecule has 6 nitrogen and oxygen atoms in total. The standard InChI is InChI=1S/C12H16BrNO5S2/c1-19-11-4-3-8(7-9(11)13)21(17,18)14-10(12(15)16)5-6-20-2/h3-4,7,10,14H,5-6H2,1-2H3,(H,15,16)/t10-/m0/s1. The monoisotopic (exact) mass is 397 g/mol. The Labute approximate surface area is 136 Å². The van der Waals surface area contributed by atoms with Gasteiger partial charge in [-0.15, -0.1) is 0 Å². The quantitative estimate of drug-likeness (QED) is 0.696. The summed E-state index contributed by atoms with van der Waals surface area (Å²) in [5.74, 6) is -0.155. The number of benzene rings is 1. The number of aliphatic carboxylic acids is 1. The molecule has 0 amide bonds. The van der Waals surface area contributed by atoms with Gasteiger partial charge in [0.1, 0.15) is 11.8 Å². The maximum absolute atomic E-state index is 12.2. The average molecular weight is 398 g/mol. The first kappa shape index (κ1) is 18.3. The molecule has 2 N–H and O–H groups in total. The third-order valence-electron chi connectivity index (χ3n) is 2.64. The fraction of sp³-hybridized carbons (Fsp3) is 0.417. The first-order chi connectivity index (χ1) is 9.81. The molecule has 0 aliphatic rings. The number of thioether (sulfide) groups is 1. The minimum absolute atomic E-state index is 0.0226. The average Bonchev–Trinajstić information content (AvgIpc) is 2.43. The van der Waals surface area contributed by atoms with E-state index in [9.17, 15) is 13.2 Å². The molecule has 0 radical (unpaired) electrons. The Morgan fingerprint density at radius 3 is 2.67 bits per heavy atom. The normalized spacial score (nSPS) is 12.9. The van der Waals surface area contributed by atoms with Gasteiger partial charge >= 0.3 is 5.97 Å². The van der Waals surface area contributed by atoms with E-state index in [1.807, 2.05) is 6.26 Å². The molecule has 0 heterocycles. The van der Waals surface area contributed by atoms with Crippen LogP contribution in [0.5, 0.6) is 5.75 Å². The van der Waals surface area contributed by atoms with Crippen molar-refractivity contribution in [3.05, 3.63) is 22.7 Å². The minimum Gasteiger partial charge on any atom is -0.496 e. The predicted molar refractivity (Wildman–Crippen MR) is 85.4 cm³/mol. The number of nitrogens with one attached hydrogen (secondary N) is 1. The molecular formula is C12H16BrNO5S2. The molecule has 1 atom stereocenters. The van der Waals surface area contributed by atoms with Gasteiger partial charge in [-0.3, -0.25) is 4.79 Å². The lowest BCUT2D eigenvalue weighted by Crippen LogP contribution is -2.41. The van der Waals surface area contributed by atoms with E-state index in [4.69, 9.17) is 9.84 Å². The summed E-state index contributed by atoms with van der Waals surface area (Å²) in [6.45, 7) is 0. The number of carboxylic acids is 1. The second kappa shape index (κ2) is 8.02. The second-order valence-electron chi connectivity index (χ2n) is 4.09. The summed E-state index contributed by atoms with van der Waals surface area (Å²) in [6.07, 6.45) is 2.04. The number of sulfonamides is 1. The molecule has 0 saturated carbocycles. The van der Waals surface area contributed by atoms with E-state index in [2.05, 4.69) is 20.7 Å². The number of hydrogen-bond donors (Lipinski definition) is 2. The SMILES string of the molecule is COc1ccc(S(=O)(=O)N[C@@H](CCSC)C(=O)O)cc1Br. The molecule has 1 aromatic rings. The molecule has 1 rings (SSSR count). The predicted octanol–water partition coefficient (Wildman–Crippen LogP) is 1.94. The molecule has 118 valence electrons. The number of carboxylic acid groups (broad SMARTS) is 1. The number of methoxy groups -OCH3 is 1. The maximum atomic E-state index is 12.2. The largest absolute Gasteiger partial charge is 0.496 e. The zero-order valence-corrected chi connectivity index (χ0v) is 14.7. The van der Waals surface area contributed by atoms with E-state index >= 15 is 0 Å². The maximum Gasteiger partial charge on any atom is 0.321 e. The first-order valence-corrected chi connectivity index (χ1v) is 9.56. The van der Waals surface area contributed by atoms with Gasteiger partial charge in [-0.25, -0.2) is 8.42 Å². The van der Waals surface area contributed by atoms with Crippen LogP contribution in [0.3, 0.4) is 0 Å². The van der Waals surface area contributed by atoms with E-state index in [0.717, 1.165) is 0 Å². The Hall–Kier alpha value is -0.770. The van der Waals surface area contributed by atoms with Crippen molar-refractivity contribution in [3.63, 3.8) is 0 Å². The van der Waals surface area contributed by atoms with Crippen LogP contribution in [0.25, 0.3) is 0 Å². The summed E-state index contributed by atoms with van der Waals surface area (Å²) in [5, 5.41) is 9.08. The van der Waals surface area contributed by atoms with Crippen molar-refractivity contribution in [3.8, 4) is 5.75 Å². The number of halogens is 1. The van der Waals surface area contributed by atoms with Crippen molar-refractivity contribution in [1.29, 1.82) is 0 Å². The number of hydrogen-bond acceptors (Lipinski definition) is 5. The molecule has 21 heavy (non-hydrogen) atoms. The van der Waals surface area contributed by atoms with E-state index in [1.165, 1.54) is 37.1 Å². The van der Waals surface area contributed by atoms with Gasteiger partial charge in [0.25, 0.3) is 0 Å². The van der Waals surface area contributed by atoms with Crippen LogP contribution < -0.4 is 9.46 Å². The molecule has 9 heteroatoms. The molecule has 0 aliphatic heterocycles. The van der Waals surface area contributed by atoms with Gasteiger partial charge in [-0.05, 0) is 52.6 Å². The molecule has 0 saturated heterocycles. The van der Waals surface area contributed by atoms with Crippen LogP contribution in [-0.4, -0.2) is 44.7 Å². The minimum atomic E-state index is -3.91. The van der Waals surface area contributed by atoms with Gasteiger partial charge in [0.15, 0.2) is 0 Å². The number of rotatable bonds is 8. The zero-order valence-electron chi connectivity index (χ0n) is 11.5. The summed E-state index contributed by atoms with van der Waals surface area (Å²) in [5.41, 5.74) is 0. The van der Waals surface area contributed by atoms with Gasteiger partial charge in [0, 0.05) is 0 Å². The van der Waals surface area contributed by atoms with Crippen LogP contribution in [0.4, 0.5) is 0 Å². The topological polar surface area (TPSA) is 92.7 Å². The summed E-state index contributed by atoms with van der Waals surface area (Å²) < 4.78 is 32.1. The summed E-state index contributed by atoms with van der Waals surface area (Å²) in [6, 6.07) is 3.08. The van der Waals surface area contributed by atoms with Crippen LogP contribution in [-0.2, 0) is 14.8 Å². The van der Waals surface area contributed by atoms with E-state index in [-0.39, 0.29) is 11.3 Å². The van der Waals surface area contributed by atoms with Crippen molar-refractivity contribution in [1.82, 2.24) is 4.72 Å². The second-order valence-corrected chi connectivity index (χ2v) is 7.64. The van der Waals surface area contributed by atoms with Crippen molar-refractivity contribution in [2.45, 2.75) is 17.4 Å². The Morgan fingerprint density at radius 1 is 1.52 bits per heavy atom. The molecule has 0 unspecified atom stereocenters. The smallest absolute Gasteiger partial charge is 0.321 e. The number of ether oxygens (including phenoxy) is 1. The molecule has 1 aromatic carbocycles. The molecule has 0 aliphatic carbocycles. The lowest BCUT2D eigenvalue weighted by Gasteiger charge is -2.15. The highest BCUT2D eigenvalue weighted by molar-refractivity contribution is 9.10. The lowest BCUT2D eigenvalue weighted by molar-refractivity contribution is -0.139. The third kappa shape index (κ3) is 5.17. The van der Waals surface area contributed by atoms with Gasteiger partial charge in [-0.1, -0.05) is 0 Å². The Morgan fingerprint density at radius 2 is 2.19 bits per heavy atom. The van der Waals surface area contributed by atoms with Crippen molar-refractivity contribution in [2.75, 3.05) is 19.1 Å². The van der Waals surface area contributed by atoms with Gasteiger partial charge < -0.3 is 9.84 Å². The highest BCUT2D eigenvalue weighted by atomic mass is 79.9. The van der Waals surface area contributed by atoms with E-state index in [0.29, 0.717) is 16.0 Å². The Bertz CT molecular complexity index is 606. The van der Waals surface area contributed by atoms with Crippen LogP contribution in [0, 0.1) is 0 Å². The Kier molecular flexibility index (Phi) is 6.98. The Balaban J connectivity index is 2.99. The lowest BCUT2D eigenvalue weighted by atomic mass is 10.2. The van der Waals surface area contributed by atoms with Crippen LogP contribution >= 0.6 is 27.7 Å². The van der Waals surface area contributed by atoms with E-state index in [1.54, 1.807) is 0 Å². The van der Waals surface area contributed by atoms with Crippen LogP contribution in [0.2, 0.25) is 0 Å². The fourth-order valence-corrected chi connectivity index (χ4v) is 3.95. The van der Waals surface area contributed by atoms with Gasteiger partial charge in [-0.2, -0.15) is 16.5 Å². The summed E-state index contributed by atoms with van der Waals surface area (Å²) in [4.78, 5) is 11.1. The molecule has 0 fully saturated rings. The van der Waals surface area contributed by atoms with Crippen molar-refractivity contribution in [2.24, 2.45) is 0 Å². The third-order valence-corrected chi connectivity index (χ3v) is 5.37. The first-order valence-electron chi connectivity index (χ1n) is 5.89.